The van der Waals surface area contributed by atoms with E-state index >= 15 is 0 Å². The summed E-state index contributed by atoms with van der Waals surface area (Å²) in [6.45, 7) is 0.860. The van der Waals surface area contributed by atoms with Crippen LogP contribution in [0.15, 0.2) is 0 Å². The summed E-state index contributed by atoms with van der Waals surface area (Å²) in [7, 11) is 4.09. The average molecular weight is 224 g/mol. The van der Waals surface area contributed by atoms with Crippen LogP contribution in [-0.4, -0.2) is 36.5 Å². The van der Waals surface area contributed by atoms with Crippen LogP contribution in [0, 0.1) is 0 Å². The third-order valence-electron chi connectivity index (χ3n) is 1.47. The van der Waals surface area contributed by atoms with E-state index in [1.54, 1.807) is 0 Å². The van der Waals surface area contributed by atoms with E-state index in [1.165, 1.54) is 0 Å². The van der Waals surface area contributed by atoms with E-state index < -0.39 is 5.97 Å². The van der Waals surface area contributed by atoms with Crippen LogP contribution in [0.1, 0.15) is 12.8 Å². The molecule has 0 unspecified atom stereocenters. The number of quaternary nitrogens is 1. The summed E-state index contributed by atoms with van der Waals surface area (Å²) in [6.07, 6.45) is 0.843. The zero-order chi connectivity index (χ0) is 8.91. The van der Waals surface area contributed by atoms with Gasteiger partial charge in [-0.25, -0.2) is 0 Å². The van der Waals surface area contributed by atoms with Gasteiger partial charge in [-0.05, 0) is 22.4 Å². The summed E-state index contributed by atoms with van der Waals surface area (Å²) in [5, 5.41) is 10.0. The van der Waals surface area contributed by atoms with E-state index in [4.69, 9.17) is 0 Å². The zero-order valence-electron chi connectivity index (χ0n) is 6.97. The molecule has 4 heteroatoms. The van der Waals surface area contributed by atoms with Gasteiger partial charge in [0.1, 0.15) is 5.45 Å². The lowest BCUT2D eigenvalue weighted by molar-refractivity contribution is -0.876. The quantitative estimate of drug-likeness (QED) is 0.373. The lowest BCUT2D eigenvalue weighted by Crippen LogP contribution is -2.39. The highest BCUT2D eigenvalue weighted by Crippen LogP contribution is 2.03. The number of carbonyl (C=O) groups is 1. The molecular formula is C7H14BrNO2. The third kappa shape index (κ3) is 6.31. The Labute approximate surface area is 75.7 Å². The number of rotatable bonds is 5. The summed E-state index contributed by atoms with van der Waals surface area (Å²) in [5.74, 6) is -0.959. The van der Waals surface area contributed by atoms with Crippen LogP contribution in [0.2, 0.25) is 0 Å². The molecule has 0 aromatic rings. The summed E-state index contributed by atoms with van der Waals surface area (Å²) in [6, 6.07) is 0. The first-order valence-corrected chi connectivity index (χ1v) is 4.68. The normalized spacial score (nSPS) is 11.5. The predicted molar refractivity (Wildman–Crippen MR) is 45.0 cm³/mol. The molecule has 66 valence electrons. The second-order valence-electron chi connectivity index (χ2n) is 3.25. The van der Waals surface area contributed by atoms with E-state index in [9.17, 15) is 9.90 Å². The molecule has 11 heavy (non-hydrogen) atoms. The Morgan fingerprint density at radius 3 is 2.45 bits per heavy atom. The van der Waals surface area contributed by atoms with E-state index in [0.29, 0.717) is 6.42 Å². The van der Waals surface area contributed by atoms with Crippen LogP contribution in [-0.2, 0) is 4.79 Å². The SMILES string of the molecule is C[N+](C)(CBr)CCCC(=O)[O-]. The molecule has 0 aliphatic heterocycles. The Kier molecular flexibility index (Phi) is 4.68. The van der Waals surface area contributed by atoms with Crippen LogP contribution < -0.4 is 5.11 Å². The maximum Gasteiger partial charge on any atom is 0.133 e. The molecular weight excluding hydrogens is 210 g/mol. The molecule has 0 amide bonds. The fourth-order valence-corrected chi connectivity index (χ4v) is 0.962. The fraction of sp³-hybridized carbons (Fsp3) is 0.857. The molecule has 0 aliphatic rings. The first-order chi connectivity index (χ1) is 4.98. The number of hydrogen-bond donors (Lipinski definition) is 0. The van der Waals surface area contributed by atoms with E-state index in [-0.39, 0.29) is 6.42 Å². The first-order valence-electron chi connectivity index (χ1n) is 3.56. The van der Waals surface area contributed by atoms with Crippen molar-refractivity contribution in [1.82, 2.24) is 0 Å². The van der Waals surface area contributed by atoms with Crippen molar-refractivity contribution in [2.24, 2.45) is 0 Å². The Morgan fingerprint density at radius 1 is 1.55 bits per heavy atom. The number of alkyl halides is 1. The molecule has 0 N–H and O–H groups in total. The smallest absolute Gasteiger partial charge is 0.133 e. The minimum atomic E-state index is -0.959. The summed E-state index contributed by atoms with van der Waals surface area (Å²) in [4.78, 5) is 10.0. The summed E-state index contributed by atoms with van der Waals surface area (Å²) >= 11 is 3.35. The molecule has 0 saturated carbocycles. The van der Waals surface area contributed by atoms with Gasteiger partial charge in [-0.15, -0.1) is 0 Å². The Bertz CT molecular complexity index is 136. The van der Waals surface area contributed by atoms with Gasteiger partial charge < -0.3 is 14.4 Å². The maximum atomic E-state index is 10.0. The van der Waals surface area contributed by atoms with Crippen molar-refractivity contribution in [2.45, 2.75) is 12.8 Å². The van der Waals surface area contributed by atoms with Crippen LogP contribution in [0.4, 0.5) is 0 Å². The zero-order valence-corrected chi connectivity index (χ0v) is 8.56. The molecule has 0 fully saturated rings. The van der Waals surface area contributed by atoms with Crippen LogP contribution in [0.25, 0.3) is 0 Å². The molecule has 0 aromatic heterocycles. The van der Waals surface area contributed by atoms with Crippen LogP contribution in [0.3, 0.4) is 0 Å². The largest absolute Gasteiger partial charge is 0.550 e. The molecule has 0 rings (SSSR count). The van der Waals surface area contributed by atoms with Crippen molar-refractivity contribution in [2.75, 3.05) is 26.1 Å². The minimum absolute atomic E-state index is 0.161. The van der Waals surface area contributed by atoms with E-state index in [2.05, 4.69) is 15.9 Å². The fourth-order valence-electron chi connectivity index (χ4n) is 0.711. The van der Waals surface area contributed by atoms with Crippen molar-refractivity contribution in [1.29, 1.82) is 0 Å². The van der Waals surface area contributed by atoms with Crippen molar-refractivity contribution < 1.29 is 14.4 Å². The van der Waals surface area contributed by atoms with Gasteiger partial charge in [-0.2, -0.15) is 0 Å². The number of halogens is 1. The van der Waals surface area contributed by atoms with Crippen molar-refractivity contribution >= 4 is 21.9 Å². The van der Waals surface area contributed by atoms with Gasteiger partial charge in [0.25, 0.3) is 0 Å². The van der Waals surface area contributed by atoms with Gasteiger partial charge in [0.2, 0.25) is 0 Å². The van der Waals surface area contributed by atoms with Crippen molar-refractivity contribution in [3.05, 3.63) is 0 Å². The van der Waals surface area contributed by atoms with Gasteiger partial charge in [0.05, 0.1) is 20.6 Å². The lowest BCUT2D eigenvalue weighted by Gasteiger charge is -2.26. The summed E-state index contributed by atoms with van der Waals surface area (Å²) < 4.78 is 0.799. The molecule has 0 saturated heterocycles. The Morgan fingerprint density at radius 2 is 2.09 bits per heavy atom. The van der Waals surface area contributed by atoms with Gasteiger partial charge in [-0.3, -0.25) is 0 Å². The molecule has 3 nitrogen and oxygen atoms in total. The Balaban J connectivity index is 3.45. The number of aliphatic carboxylic acids is 1. The molecule has 0 spiro atoms. The molecule has 0 aliphatic carbocycles. The standard InChI is InChI=1S/C7H14BrNO2/c1-9(2,6-8)5-3-4-7(10)11/h3-6H2,1-2H3. The number of carboxylic acid groups (broad SMARTS) is 1. The molecule has 0 atom stereocenters. The monoisotopic (exact) mass is 223 g/mol. The average Bonchev–Trinajstić information content (AvgIpc) is 1.87. The third-order valence-corrected chi connectivity index (χ3v) is 2.83. The number of carbonyl (C=O) groups excluding carboxylic acids is 1. The van der Waals surface area contributed by atoms with Crippen molar-refractivity contribution in [3.63, 3.8) is 0 Å². The molecule has 0 radical (unpaired) electrons. The molecule has 0 bridgehead atoms. The maximum absolute atomic E-state index is 10.0. The van der Waals surface area contributed by atoms with Gasteiger partial charge in [0, 0.05) is 12.4 Å². The van der Waals surface area contributed by atoms with E-state index in [1.807, 2.05) is 14.1 Å². The van der Waals surface area contributed by atoms with Gasteiger partial charge >= 0.3 is 0 Å². The van der Waals surface area contributed by atoms with Gasteiger partial charge in [0.15, 0.2) is 0 Å². The molecule has 0 aromatic carbocycles. The predicted octanol–water partition coefficient (Wildman–Crippen LogP) is -0.0547. The second kappa shape index (κ2) is 4.72. The van der Waals surface area contributed by atoms with E-state index in [0.717, 1.165) is 16.5 Å². The number of hydrogen-bond acceptors (Lipinski definition) is 2. The Hall–Kier alpha value is -0.0900. The summed E-state index contributed by atoms with van der Waals surface area (Å²) in [5.41, 5.74) is 0.847. The minimum Gasteiger partial charge on any atom is -0.550 e. The highest BCUT2D eigenvalue weighted by atomic mass is 79.9. The van der Waals surface area contributed by atoms with Crippen LogP contribution in [0.5, 0.6) is 0 Å². The van der Waals surface area contributed by atoms with Gasteiger partial charge in [-0.1, -0.05) is 0 Å². The second-order valence-corrected chi connectivity index (χ2v) is 3.76. The number of nitrogens with zero attached hydrogens (tertiary/aromatic N) is 1. The number of carboxylic acids is 1. The highest BCUT2D eigenvalue weighted by Gasteiger charge is 2.10. The first kappa shape index (κ1) is 10.9. The highest BCUT2D eigenvalue weighted by molar-refractivity contribution is 9.09. The topological polar surface area (TPSA) is 40.1 Å². The lowest BCUT2D eigenvalue weighted by atomic mass is 10.3. The van der Waals surface area contributed by atoms with Crippen molar-refractivity contribution in [3.8, 4) is 0 Å². The molecule has 0 heterocycles. The van der Waals surface area contributed by atoms with Crippen LogP contribution >= 0.6 is 15.9 Å².